The summed E-state index contributed by atoms with van der Waals surface area (Å²) in [5.74, 6) is 0.836. The highest BCUT2D eigenvalue weighted by atomic mass is 35.5. The molecule has 2 aromatic carbocycles. The van der Waals surface area contributed by atoms with Crippen LogP contribution in [0.2, 0.25) is 0 Å². The molecule has 34 heavy (non-hydrogen) atoms. The number of benzene rings is 2. The van der Waals surface area contributed by atoms with Crippen LogP contribution in [0.4, 0.5) is 0 Å². The molecule has 1 heterocycles. The van der Waals surface area contributed by atoms with Crippen LogP contribution in [0.3, 0.4) is 0 Å². The van der Waals surface area contributed by atoms with Crippen molar-refractivity contribution >= 4 is 23.3 Å². The first kappa shape index (κ1) is 25.3. The second-order valence-electron chi connectivity index (χ2n) is 10.7. The average molecular weight is 480 g/mol. The van der Waals surface area contributed by atoms with E-state index in [9.17, 15) is 0 Å². The van der Waals surface area contributed by atoms with Gasteiger partial charge >= 0.3 is 0 Å². The second kappa shape index (κ2) is 11.7. The fourth-order valence-corrected chi connectivity index (χ4v) is 6.17. The van der Waals surface area contributed by atoms with Crippen molar-refractivity contribution in [3.05, 3.63) is 59.8 Å². The van der Waals surface area contributed by atoms with Crippen LogP contribution in [0.15, 0.2) is 48.7 Å². The quantitative estimate of drug-likeness (QED) is 0.382. The van der Waals surface area contributed by atoms with E-state index in [-0.39, 0.29) is 12.4 Å². The van der Waals surface area contributed by atoms with Crippen LogP contribution < -0.4 is 11.1 Å². The fraction of sp³-hybridized carbons (Fsp3) is 0.533. The van der Waals surface area contributed by atoms with Gasteiger partial charge in [0.15, 0.2) is 0 Å². The van der Waals surface area contributed by atoms with Gasteiger partial charge < -0.3 is 15.6 Å². The second-order valence-corrected chi connectivity index (χ2v) is 10.7. The van der Waals surface area contributed by atoms with Gasteiger partial charge in [-0.15, -0.1) is 12.4 Å². The van der Waals surface area contributed by atoms with E-state index in [2.05, 4.69) is 65.5 Å². The lowest BCUT2D eigenvalue weighted by molar-refractivity contribution is 0.322. The Bertz CT molecular complexity index is 1060. The summed E-state index contributed by atoms with van der Waals surface area (Å²) >= 11 is 0. The van der Waals surface area contributed by atoms with Crippen LogP contribution in [0.5, 0.6) is 0 Å². The number of rotatable bonds is 7. The molecule has 1 aromatic heterocycles. The molecular formula is C30H42ClN3. The van der Waals surface area contributed by atoms with Crippen LogP contribution in [0.1, 0.15) is 68.9 Å². The third-order valence-corrected chi connectivity index (χ3v) is 8.20. The van der Waals surface area contributed by atoms with Crippen molar-refractivity contribution in [2.45, 2.75) is 89.8 Å². The summed E-state index contributed by atoms with van der Waals surface area (Å²) in [6, 6.07) is 17.0. The van der Waals surface area contributed by atoms with Crippen LogP contribution in [-0.2, 0) is 13.0 Å². The maximum atomic E-state index is 6.10. The molecule has 2 aliphatic rings. The molecule has 184 valence electrons. The molecule has 0 bridgehead atoms. The number of aryl methyl sites for hydroxylation is 1. The predicted octanol–water partition coefficient (Wildman–Crippen LogP) is 7.02. The highest BCUT2D eigenvalue weighted by Gasteiger charge is 2.19. The molecule has 2 fully saturated rings. The minimum absolute atomic E-state index is 0. The number of halogens is 1. The maximum Gasteiger partial charge on any atom is 0.0483 e. The van der Waals surface area contributed by atoms with Gasteiger partial charge in [0.2, 0.25) is 0 Å². The number of nitrogens with two attached hydrogens (primary N) is 1. The first-order chi connectivity index (χ1) is 16.2. The molecule has 2 aliphatic carbocycles. The first-order valence-electron chi connectivity index (χ1n) is 13.3. The van der Waals surface area contributed by atoms with Gasteiger partial charge in [0, 0.05) is 35.7 Å². The van der Waals surface area contributed by atoms with E-state index in [1.54, 1.807) is 0 Å². The smallest absolute Gasteiger partial charge is 0.0483 e. The van der Waals surface area contributed by atoms with Crippen molar-refractivity contribution in [3.8, 4) is 11.1 Å². The lowest BCUT2D eigenvalue weighted by Crippen LogP contribution is -2.38. The SMILES string of the molecule is Cc1ccccc1-c1ccc2c(c1)c(CCNC1CCC(N)CC1)cn2CC1CCCCC1.Cl. The summed E-state index contributed by atoms with van der Waals surface area (Å²) < 4.78 is 2.57. The standard InChI is InChI=1S/C30H41N3.ClH/c1-22-7-5-6-10-28(22)24-11-16-30-29(19-24)25(17-18-32-27-14-12-26(31)13-15-27)21-33(30)20-23-8-3-2-4-9-23;/h5-7,10-11,16,19,21,23,26-27,32H,2-4,8-9,12-15,17-18,20,31H2,1H3;1H. The van der Waals surface area contributed by atoms with Gasteiger partial charge in [0.1, 0.15) is 0 Å². The number of fused-ring (bicyclic) bond motifs is 1. The Morgan fingerprint density at radius 3 is 2.47 bits per heavy atom. The average Bonchev–Trinajstić information content (AvgIpc) is 3.18. The third kappa shape index (κ3) is 5.87. The zero-order valence-corrected chi connectivity index (χ0v) is 21.6. The number of nitrogens with zero attached hydrogens (tertiary/aromatic N) is 1. The van der Waals surface area contributed by atoms with Crippen LogP contribution >= 0.6 is 12.4 Å². The third-order valence-electron chi connectivity index (χ3n) is 8.20. The Labute approximate surface area is 211 Å². The Hall–Kier alpha value is -1.81. The largest absolute Gasteiger partial charge is 0.347 e. The molecule has 3 N–H and O–H groups in total. The minimum Gasteiger partial charge on any atom is -0.347 e. The molecule has 0 aliphatic heterocycles. The summed E-state index contributed by atoms with van der Waals surface area (Å²) in [5.41, 5.74) is 13.0. The summed E-state index contributed by atoms with van der Waals surface area (Å²) in [6.45, 7) is 4.44. The van der Waals surface area contributed by atoms with E-state index in [0.717, 1.165) is 31.7 Å². The molecule has 0 atom stereocenters. The number of aromatic nitrogens is 1. The molecule has 0 saturated heterocycles. The van der Waals surface area contributed by atoms with E-state index in [1.165, 1.54) is 84.6 Å². The molecular weight excluding hydrogens is 438 g/mol. The Kier molecular flexibility index (Phi) is 8.74. The normalized spacial score (nSPS) is 21.5. The fourth-order valence-electron chi connectivity index (χ4n) is 6.17. The van der Waals surface area contributed by atoms with Crippen LogP contribution in [0.25, 0.3) is 22.0 Å². The van der Waals surface area contributed by atoms with Crippen molar-refractivity contribution in [1.82, 2.24) is 9.88 Å². The van der Waals surface area contributed by atoms with Gasteiger partial charge in [-0.2, -0.15) is 0 Å². The molecule has 0 spiro atoms. The van der Waals surface area contributed by atoms with E-state index < -0.39 is 0 Å². The first-order valence-corrected chi connectivity index (χ1v) is 13.3. The van der Waals surface area contributed by atoms with Crippen LogP contribution in [0, 0.1) is 12.8 Å². The molecule has 0 unspecified atom stereocenters. The summed E-state index contributed by atoms with van der Waals surface area (Å²) in [5, 5.41) is 5.28. The number of hydrogen-bond donors (Lipinski definition) is 2. The number of nitrogens with one attached hydrogen (secondary N) is 1. The lowest BCUT2D eigenvalue weighted by atomic mass is 9.89. The van der Waals surface area contributed by atoms with Crippen molar-refractivity contribution in [2.75, 3.05) is 6.54 Å². The molecule has 0 radical (unpaired) electrons. The zero-order chi connectivity index (χ0) is 22.6. The summed E-state index contributed by atoms with van der Waals surface area (Å²) in [4.78, 5) is 0. The monoisotopic (exact) mass is 479 g/mol. The van der Waals surface area contributed by atoms with Gasteiger partial charge in [-0.05, 0) is 98.7 Å². The lowest BCUT2D eigenvalue weighted by Gasteiger charge is -2.26. The highest BCUT2D eigenvalue weighted by Crippen LogP contribution is 2.32. The van der Waals surface area contributed by atoms with E-state index in [4.69, 9.17) is 5.73 Å². The minimum atomic E-state index is 0. The Balaban J connectivity index is 0.00000274. The molecule has 5 rings (SSSR count). The maximum absolute atomic E-state index is 6.10. The van der Waals surface area contributed by atoms with Gasteiger partial charge in [-0.25, -0.2) is 0 Å². The van der Waals surface area contributed by atoms with Crippen molar-refractivity contribution < 1.29 is 0 Å². The van der Waals surface area contributed by atoms with E-state index in [0.29, 0.717) is 12.1 Å². The molecule has 0 amide bonds. The van der Waals surface area contributed by atoms with Crippen molar-refractivity contribution in [2.24, 2.45) is 11.7 Å². The van der Waals surface area contributed by atoms with E-state index in [1.807, 2.05) is 0 Å². The predicted molar refractivity (Wildman–Crippen MR) is 148 cm³/mol. The van der Waals surface area contributed by atoms with Crippen molar-refractivity contribution in [1.29, 1.82) is 0 Å². The van der Waals surface area contributed by atoms with E-state index >= 15 is 0 Å². The van der Waals surface area contributed by atoms with Gasteiger partial charge in [-0.1, -0.05) is 49.6 Å². The molecule has 2 saturated carbocycles. The van der Waals surface area contributed by atoms with Gasteiger partial charge in [0.05, 0.1) is 0 Å². The number of hydrogen-bond acceptors (Lipinski definition) is 2. The topological polar surface area (TPSA) is 43.0 Å². The Morgan fingerprint density at radius 1 is 0.941 bits per heavy atom. The molecule has 3 nitrogen and oxygen atoms in total. The highest BCUT2D eigenvalue weighted by molar-refractivity contribution is 5.89. The summed E-state index contributed by atoms with van der Waals surface area (Å²) in [7, 11) is 0. The van der Waals surface area contributed by atoms with Gasteiger partial charge in [0.25, 0.3) is 0 Å². The zero-order valence-electron chi connectivity index (χ0n) is 20.8. The summed E-state index contributed by atoms with van der Waals surface area (Å²) in [6.07, 6.45) is 15.4. The molecule has 3 aromatic rings. The van der Waals surface area contributed by atoms with Gasteiger partial charge in [-0.3, -0.25) is 0 Å². The Morgan fingerprint density at radius 2 is 1.71 bits per heavy atom. The molecule has 4 heteroatoms. The van der Waals surface area contributed by atoms with Crippen LogP contribution in [-0.4, -0.2) is 23.2 Å². The van der Waals surface area contributed by atoms with Crippen molar-refractivity contribution in [3.63, 3.8) is 0 Å².